The first kappa shape index (κ1) is 19.0. The van der Waals surface area contributed by atoms with Gasteiger partial charge in [0.1, 0.15) is 0 Å². The quantitative estimate of drug-likeness (QED) is 0.627. The monoisotopic (exact) mass is 389 g/mol. The lowest BCUT2D eigenvalue weighted by Gasteiger charge is -2.19. The van der Waals surface area contributed by atoms with E-state index >= 15 is 0 Å². The van der Waals surface area contributed by atoms with Gasteiger partial charge in [0, 0.05) is 13.0 Å². The number of fused-ring (bicyclic) bond motifs is 1. The molecule has 1 aromatic heterocycles. The smallest absolute Gasteiger partial charge is 0.261 e. The van der Waals surface area contributed by atoms with E-state index in [2.05, 4.69) is 60.4 Å². The van der Waals surface area contributed by atoms with E-state index < -0.39 is 0 Å². The lowest BCUT2D eigenvalue weighted by atomic mass is 9.87. The summed E-state index contributed by atoms with van der Waals surface area (Å²) in [7, 11) is 0. The molecule has 0 N–H and O–H groups in total. The van der Waals surface area contributed by atoms with Crippen molar-refractivity contribution >= 4 is 11.8 Å². The number of imide groups is 1. The Morgan fingerprint density at radius 3 is 2.10 bits per heavy atom. The largest absolute Gasteiger partial charge is 0.274 e. The van der Waals surface area contributed by atoms with Crippen LogP contribution in [0.5, 0.6) is 0 Å². The molecule has 0 radical (unpaired) electrons. The number of hydrogen-bond acceptors (Lipinski definition) is 5. The van der Waals surface area contributed by atoms with E-state index in [-0.39, 0.29) is 23.8 Å². The molecule has 0 fully saturated rings. The van der Waals surface area contributed by atoms with Crippen molar-refractivity contribution in [2.45, 2.75) is 39.2 Å². The van der Waals surface area contributed by atoms with Crippen molar-refractivity contribution in [1.29, 1.82) is 0 Å². The second-order valence-electron chi connectivity index (χ2n) is 8.24. The van der Waals surface area contributed by atoms with E-state index in [4.69, 9.17) is 0 Å². The Kier molecular flexibility index (Phi) is 4.74. The Morgan fingerprint density at radius 1 is 0.897 bits per heavy atom. The molecule has 0 unspecified atom stereocenters. The van der Waals surface area contributed by atoms with Crippen LogP contribution >= 0.6 is 0 Å². The highest BCUT2D eigenvalue weighted by Crippen LogP contribution is 2.23. The number of aromatic nitrogens is 4. The molecular formula is C22H23N5O2. The molecule has 0 aliphatic carbocycles. The molecule has 4 rings (SSSR count). The minimum absolute atomic E-state index is 0.112. The zero-order valence-corrected chi connectivity index (χ0v) is 16.8. The summed E-state index contributed by atoms with van der Waals surface area (Å²) in [5.74, 6) is -0.0262. The van der Waals surface area contributed by atoms with Crippen molar-refractivity contribution in [3.05, 3.63) is 76.6 Å². The molecule has 1 aliphatic heterocycles. The average molecular weight is 389 g/mol. The van der Waals surface area contributed by atoms with Crippen LogP contribution in [0.15, 0.2) is 48.5 Å². The molecule has 3 aromatic rings. The van der Waals surface area contributed by atoms with Crippen LogP contribution in [0.1, 0.15) is 58.4 Å². The van der Waals surface area contributed by atoms with Gasteiger partial charge < -0.3 is 0 Å². The summed E-state index contributed by atoms with van der Waals surface area (Å²) < 4.78 is 0. The predicted molar refractivity (Wildman–Crippen MR) is 108 cm³/mol. The van der Waals surface area contributed by atoms with Crippen LogP contribution in [0.4, 0.5) is 0 Å². The van der Waals surface area contributed by atoms with Crippen molar-refractivity contribution in [2.75, 3.05) is 6.54 Å². The summed E-state index contributed by atoms with van der Waals surface area (Å²) >= 11 is 0. The van der Waals surface area contributed by atoms with Gasteiger partial charge in [-0.1, -0.05) is 57.2 Å². The third kappa shape index (κ3) is 3.81. The Hall–Kier alpha value is -3.35. The van der Waals surface area contributed by atoms with E-state index in [0.29, 0.717) is 29.9 Å². The van der Waals surface area contributed by atoms with Crippen LogP contribution in [0.3, 0.4) is 0 Å². The van der Waals surface area contributed by atoms with E-state index in [1.54, 1.807) is 24.3 Å². The average Bonchev–Trinajstić information content (AvgIpc) is 3.23. The Bertz CT molecular complexity index is 1030. The topological polar surface area (TPSA) is 81.0 Å². The minimum atomic E-state index is -0.267. The molecule has 2 heterocycles. The van der Waals surface area contributed by atoms with Gasteiger partial charge in [-0.05, 0) is 33.9 Å². The highest BCUT2D eigenvalue weighted by molar-refractivity contribution is 6.21. The molecule has 148 valence electrons. The Balaban J connectivity index is 1.38. The zero-order chi connectivity index (χ0) is 20.6. The van der Waals surface area contributed by atoms with E-state index in [9.17, 15) is 9.59 Å². The fourth-order valence-corrected chi connectivity index (χ4v) is 3.37. The summed E-state index contributed by atoms with van der Waals surface area (Å²) in [6, 6.07) is 15.3. The Labute approximate surface area is 169 Å². The summed E-state index contributed by atoms with van der Waals surface area (Å²) in [6.07, 6.45) is 0.369. The van der Waals surface area contributed by atoms with Crippen molar-refractivity contribution < 1.29 is 9.59 Å². The maximum Gasteiger partial charge on any atom is 0.261 e. The van der Waals surface area contributed by atoms with Gasteiger partial charge in [0.15, 0.2) is 5.82 Å². The molecule has 1 aliphatic rings. The minimum Gasteiger partial charge on any atom is -0.274 e. The van der Waals surface area contributed by atoms with E-state index in [1.165, 1.54) is 15.3 Å². The number of hydrogen-bond donors (Lipinski definition) is 0. The van der Waals surface area contributed by atoms with Gasteiger partial charge in [0.2, 0.25) is 0 Å². The molecule has 0 bridgehead atoms. The van der Waals surface area contributed by atoms with Crippen molar-refractivity contribution in [1.82, 2.24) is 25.1 Å². The molecule has 2 aromatic carbocycles. The van der Waals surface area contributed by atoms with E-state index in [0.717, 1.165) is 5.56 Å². The van der Waals surface area contributed by atoms with Crippen LogP contribution in [-0.2, 0) is 18.4 Å². The van der Waals surface area contributed by atoms with Crippen LogP contribution in [0.2, 0.25) is 0 Å². The lowest BCUT2D eigenvalue weighted by molar-refractivity contribution is 0.0655. The van der Waals surface area contributed by atoms with Crippen molar-refractivity contribution in [3.8, 4) is 0 Å². The second kappa shape index (κ2) is 7.24. The number of carbonyl (C=O) groups excluding carboxylic acids is 2. The molecule has 0 atom stereocenters. The molecular weight excluding hydrogens is 366 g/mol. The first-order chi connectivity index (χ1) is 13.8. The maximum absolute atomic E-state index is 12.4. The molecule has 0 saturated carbocycles. The van der Waals surface area contributed by atoms with Crippen molar-refractivity contribution in [3.63, 3.8) is 0 Å². The molecule has 7 nitrogen and oxygen atoms in total. The molecule has 29 heavy (non-hydrogen) atoms. The van der Waals surface area contributed by atoms with Crippen LogP contribution in [-0.4, -0.2) is 43.5 Å². The molecule has 0 spiro atoms. The van der Waals surface area contributed by atoms with Crippen LogP contribution in [0, 0.1) is 0 Å². The first-order valence-corrected chi connectivity index (χ1v) is 9.64. The summed E-state index contributed by atoms with van der Waals surface area (Å²) in [5, 5.41) is 12.5. The van der Waals surface area contributed by atoms with E-state index in [1.807, 2.05) is 0 Å². The van der Waals surface area contributed by atoms with Gasteiger partial charge in [-0.2, -0.15) is 4.80 Å². The zero-order valence-electron chi connectivity index (χ0n) is 16.8. The number of nitrogens with zero attached hydrogens (tertiary/aromatic N) is 5. The maximum atomic E-state index is 12.4. The Morgan fingerprint density at radius 2 is 1.52 bits per heavy atom. The predicted octanol–water partition coefficient (Wildman–Crippen LogP) is 2.86. The summed E-state index contributed by atoms with van der Waals surface area (Å²) in [5.41, 5.74) is 3.37. The van der Waals surface area contributed by atoms with Gasteiger partial charge in [0.05, 0.1) is 17.7 Å². The fourth-order valence-electron chi connectivity index (χ4n) is 3.37. The van der Waals surface area contributed by atoms with Crippen LogP contribution < -0.4 is 0 Å². The van der Waals surface area contributed by atoms with Gasteiger partial charge in [-0.3, -0.25) is 14.5 Å². The SMILES string of the molecule is CC(C)(C)c1ccc(Cn2nnc(CCN3C(=O)c4ccccc4C3=O)n2)cc1. The highest BCUT2D eigenvalue weighted by atomic mass is 16.2. The molecule has 7 heteroatoms. The van der Waals surface area contributed by atoms with Crippen LogP contribution in [0.25, 0.3) is 0 Å². The van der Waals surface area contributed by atoms with Crippen molar-refractivity contribution in [2.24, 2.45) is 0 Å². The second-order valence-corrected chi connectivity index (χ2v) is 8.24. The third-order valence-electron chi connectivity index (χ3n) is 5.08. The standard InChI is InChI=1S/C22H23N5O2/c1-22(2,3)16-10-8-15(9-11-16)14-27-24-19(23-25-27)12-13-26-20(28)17-6-4-5-7-18(17)21(26)29/h4-11H,12-14H2,1-3H3. The molecule has 2 amide bonds. The fraction of sp³-hybridized carbons (Fsp3) is 0.318. The number of tetrazole rings is 1. The molecule has 0 saturated heterocycles. The number of benzene rings is 2. The normalized spacial score (nSPS) is 13.8. The van der Waals surface area contributed by atoms with Gasteiger partial charge in [-0.25, -0.2) is 0 Å². The number of amides is 2. The van der Waals surface area contributed by atoms with Gasteiger partial charge in [-0.15, -0.1) is 10.2 Å². The van der Waals surface area contributed by atoms with Gasteiger partial charge in [0.25, 0.3) is 11.8 Å². The lowest BCUT2D eigenvalue weighted by Crippen LogP contribution is -2.32. The summed E-state index contributed by atoms with van der Waals surface area (Å²) in [6.45, 7) is 7.30. The van der Waals surface area contributed by atoms with Gasteiger partial charge >= 0.3 is 0 Å². The number of rotatable bonds is 5. The third-order valence-corrected chi connectivity index (χ3v) is 5.08. The first-order valence-electron chi connectivity index (χ1n) is 9.64. The highest BCUT2D eigenvalue weighted by Gasteiger charge is 2.34. The number of carbonyl (C=O) groups is 2. The summed E-state index contributed by atoms with van der Waals surface area (Å²) in [4.78, 5) is 27.6.